The molecule has 2 aromatic rings. The number of aryl methyl sites for hydroxylation is 1. The number of nitrogens with zero attached hydrogens (tertiary/aromatic N) is 3. The molecule has 8 N–H and O–H groups in total. The van der Waals surface area contributed by atoms with Gasteiger partial charge in [-0.2, -0.15) is 0 Å². The van der Waals surface area contributed by atoms with Crippen LogP contribution in [0.4, 0.5) is 0 Å². The second-order valence-electron chi connectivity index (χ2n) is 17.7. The van der Waals surface area contributed by atoms with Crippen LogP contribution in [0.3, 0.4) is 0 Å². The van der Waals surface area contributed by atoms with Crippen LogP contribution < -0.4 is 27.0 Å². The van der Waals surface area contributed by atoms with Gasteiger partial charge in [0, 0.05) is 67.4 Å². The average molecular weight is 885 g/mol. The van der Waals surface area contributed by atoms with Gasteiger partial charge in [0.1, 0.15) is 18.1 Å². The number of amides is 6. The van der Waals surface area contributed by atoms with Crippen LogP contribution in [0.25, 0.3) is 10.9 Å². The third kappa shape index (κ3) is 12.4. The summed E-state index contributed by atoms with van der Waals surface area (Å²) in [5, 5.41) is 30.1. The highest BCUT2D eigenvalue weighted by Crippen LogP contribution is 2.35. The molecule has 1 aliphatic rings. The van der Waals surface area contributed by atoms with Crippen molar-refractivity contribution in [1.29, 1.82) is 0 Å². The van der Waals surface area contributed by atoms with Gasteiger partial charge in [0.15, 0.2) is 0 Å². The van der Waals surface area contributed by atoms with Gasteiger partial charge in [-0.05, 0) is 36.9 Å². The SMILES string of the molecule is CN[C@H](C(=O)NC(C(=O)N(C)[C@H](/C=C(\C)C(=O)N[C@H](CC(=O)NCCN1C(=O)CC(SC[C@H](N)C(=O)O)C1=O)C(=O)O)C(C)C)C(C)(C)C)C(C)(C)c1cn(C)c2ccccc12. The van der Waals surface area contributed by atoms with Crippen LogP contribution in [0, 0.1) is 11.3 Å². The van der Waals surface area contributed by atoms with Gasteiger partial charge in [0.05, 0.1) is 23.8 Å². The van der Waals surface area contributed by atoms with Crippen molar-refractivity contribution in [2.45, 2.75) is 109 Å². The predicted octanol–water partition coefficient (Wildman–Crippen LogP) is 1.35. The smallest absolute Gasteiger partial charge is 0.326 e. The molecule has 2 unspecified atom stereocenters. The third-order valence-electron chi connectivity index (χ3n) is 11.2. The largest absolute Gasteiger partial charge is 0.480 e. The van der Waals surface area contributed by atoms with Crippen molar-refractivity contribution in [2.75, 3.05) is 32.9 Å². The summed E-state index contributed by atoms with van der Waals surface area (Å²) in [5.41, 5.74) is 6.11. The Kier molecular flexibility index (Phi) is 17.5. The summed E-state index contributed by atoms with van der Waals surface area (Å²) in [5.74, 6) is -6.40. The second-order valence-corrected chi connectivity index (χ2v) is 19.0. The monoisotopic (exact) mass is 884 g/mol. The number of carbonyl (C=O) groups is 8. The van der Waals surface area contributed by atoms with Crippen LogP contribution in [0.15, 0.2) is 42.1 Å². The Hall–Kier alpha value is -5.27. The fourth-order valence-electron chi connectivity index (χ4n) is 7.48. The van der Waals surface area contributed by atoms with E-state index in [1.54, 1.807) is 20.2 Å². The molecule has 0 spiro atoms. The highest BCUT2D eigenvalue weighted by molar-refractivity contribution is 8.00. The first-order valence-corrected chi connectivity index (χ1v) is 21.5. The maximum Gasteiger partial charge on any atom is 0.326 e. The van der Waals surface area contributed by atoms with Crippen LogP contribution in [0.5, 0.6) is 0 Å². The van der Waals surface area contributed by atoms with Crippen molar-refractivity contribution in [1.82, 2.24) is 35.6 Å². The normalized spacial score (nSPS) is 17.3. The van der Waals surface area contributed by atoms with E-state index in [1.807, 2.05) is 90.5 Å². The molecule has 0 saturated carbocycles. The lowest BCUT2D eigenvalue weighted by Gasteiger charge is -2.39. The molecule has 1 aromatic heterocycles. The molecule has 19 heteroatoms. The number of aromatic nitrogens is 1. The van der Waals surface area contributed by atoms with E-state index >= 15 is 0 Å². The predicted molar refractivity (Wildman–Crippen MR) is 236 cm³/mol. The van der Waals surface area contributed by atoms with E-state index < -0.39 is 94.2 Å². The number of nitrogens with one attached hydrogen (secondary N) is 4. The number of nitrogens with two attached hydrogens (primary N) is 1. The molecule has 0 aliphatic carbocycles. The Morgan fingerprint density at radius 3 is 2.19 bits per heavy atom. The summed E-state index contributed by atoms with van der Waals surface area (Å²) < 4.78 is 2.02. The van der Waals surface area contributed by atoms with Gasteiger partial charge in [-0.3, -0.25) is 38.5 Å². The van der Waals surface area contributed by atoms with Crippen LogP contribution >= 0.6 is 11.8 Å². The Morgan fingerprint density at radius 2 is 1.63 bits per heavy atom. The van der Waals surface area contributed by atoms with Crippen molar-refractivity contribution in [2.24, 2.45) is 24.1 Å². The molecule has 1 aromatic carbocycles. The number of hydrogen-bond acceptors (Lipinski definition) is 11. The van der Waals surface area contributed by atoms with Gasteiger partial charge in [-0.1, -0.05) is 72.7 Å². The standard InChI is InChI=1S/C43H64N8O10S/c1-23(2)30(50(11)39(57)35(42(4,5)6)48-37(55)34(45-9)43(7,8)26-21-49(10)29-15-13-12-14-25(26)29)18-24(3)36(54)47-28(41(60)61)19-32(52)46-16-17-51-33(53)20-31(38(51)56)62-22-27(44)40(58)59/h12-15,18,21,23,27-28,30-31,34-35,45H,16-17,19-20,22,44H2,1-11H3,(H,46,52)(H,47,54)(H,48,55)(H,58,59)(H,60,61)/b24-18+/t27-,28+,30+,31?,34+,35?/m0/s1. The van der Waals surface area contributed by atoms with Gasteiger partial charge in [0.25, 0.3) is 0 Å². The van der Waals surface area contributed by atoms with Crippen molar-refractivity contribution in [3.05, 3.63) is 47.7 Å². The fourth-order valence-corrected chi connectivity index (χ4v) is 8.60. The molecule has 6 amide bonds. The minimum absolute atomic E-state index is 0.0741. The first kappa shape index (κ1) is 51.1. The number of benzene rings is 1. The first-order chi connectivity index (χ1) is 28.7. The molecule has 2 heterocycles. The number of hydrogen-bond donors (Lipinski definition) is 7. The molecule has 6 atom stereocenters. The number of likely N-dealkylation sites (N-methyl/N-ethyl adjacent to an activating group) is 2. The van der Waals surface area contributed by atoms with Gasteiger partial charge >= 0.3 is 11.9 Å². The summed E-state index contributed by atoms with van der Waals surface area (Å²) in [4.78, 5) is 105. The zero-order valence-corrected chi connectivity index (χ0v) is 38.3. The molecule has 18 nitrogen and oxygen atoms in total. The van der Waals surface area contributed by atoms with Crippen molar-refractivity contribution < 1.29 is 48.6 Å². The number of fused-ring (bicyclic) bond motifs is 1. The number of imide groups is 1. The number of rotatable bonds is 21. The topological polar surface area (TPSA) is 263 Å². The van der Waals surface area contributed by atoms with E-state index in [0.717, 1.165) is 33.1 Å². The molecule has 1 fully saturated rings. The van der Waals surface area contributed by atoms with Gasteiger partial charge in [-0.15, -0.1) is 11.8 Å². The van der Waals surface area contributed by atoms with E-state index in [9.17, 15) is 43.5 Å². The number of carboxylic acids is 2. The van der Waals surface area contributed by atoms with Crippen LogP contribution in [-0.4, -0.2) is 140 Å². The lowest BCUT2D eigenvalue weighted by Crippen LogP contribution is -2.61. The number of aliphatic carboxylic acids is 2. The Morgan fingerprint density at radius 1 is 1.00 bits per heavy atom. The van der Waals surface area contributed by atoms with Crippen molar-refractivity contribution in [3.8, 4) is 0 Å². The van der Waals surface area contributed by atoms with E-state index in [2.05, 4.69) is 21.3 Å². The summed E-state index contributed by atoms with van der Waals surface area (Å²) in [7, 11) is 5.24. The molecule has 1 aliphatic heterocycles. The molecular weight excluding hydrogens is 821 g/mol. The fraction of sp³-hybridized carbons (Fsp3) is 0.581. The highest BCUT2D eigenvalue weighted by Gasteiger charge is 2.43. The molecule has 3 rings (SSSR count). The summed E-state index contributed by atoms with van der Waals surface area (Å²) in [6, 6.07) is 2.71. The number of carboxylic acid groups (broad SMARTS) is 2. The van der Waals surface area contributed by atoms with Gasteiger partial charge < -0.3 is 46.7 Å². The average Bonchev–Trinajstić information content (AvgIpc) is 3.67. The van der Waals surface area contributed by atoms with E-state index in [-0.39, 0.29) is 42.7 Å². The van der Waals surface area contributed by atoms with E-state index in [1.165, 1.54) is 11.8 Å². The molecular formula is C43H64N8O10S. The third-order valence-corrected chi connectivity index (χ3v) is 12.5. The Balaban J connectivity index is 1.69. The molecule has 0 bridgehead atoms. The lowest BCUT2D eigenvalue weighted by atomic mass is 9.76. The Bertz CT molecular complexity index is 2060. The summed E-state index contributed by atoms with van der Waals surface area (Å²) in [6.45, 7) is 14.3. The van der Waals surface area contributed by atoms with Crippen molar-refractivity contribution in [3.63, 3.8) is 0 Å². The molecule has 0 radical (unpaired) electrons. The number of para-hydroxylation sites is 1. The Labute approximate surface area is 367 Å². The maximum absolute atomic E-state index is 14.4. The minimum atomic E-state index is -1.64. The first-order valence-electron chi connectivity index (χ1n) is 20.5. The maximum atomic E-state index is 14.4. The molecule has 1 saturated heterocycles. The lowest BCUT2D eigenvalue weighted by molar-refractivity contribution is -0.143. The summed E-state index contributed by atoms with van der Waals surface area (Å²) >= 11 is 0.957. The van der Waals surface area contributed by atoms with E-state index in [0.29, 0.717) is 0 Å². The zero-order valence-electron chi connectivity index (χ0n) is 37.5. The zero-order chi connectivity index (χ0) is 47.0. The van der Waals surface area contributed by atoms with Crippen LogP contribution in [0.1, 0.15) is 73.8 Å². The molecule has 342 valence electrons. The van der Waals surface area contributed by atoms with Gasteiger partial charge in [-0.25, -0.2) is 4.79 Å². The number of thioether (sulfide) groups is 1. The quantitative estimate of drug-likeness (QED) is 0.0691. The highest BCUT2D eigenvalue weighted by atomic mass is 32.2. The molecule has 62 heavy (non-hydrogen) atoms. The summed E-state index contributed by atoms with van der Waals surface area (Å²) in [6.07, 6.45) is 2.75. The van der Waals surface area contributed by atoms with E-state index in [4.69, 9.17) is 10.8 Å². The number of likely N-dealkylation sites (tertiary alicyclic amines) is 1. The van der Waals surface area contributed by atoms with Crippen LogP contribution in [0.2, 0.25) is 0 Å². The minimum Gasteiger partial charge on any atom is -0.480 e. The van der Waals surface area contributed by atoms with Crippen LogP contribution in [-0.2, 0) is 50.8 Å². The van der Waals surface area contributed by atoms with Gasteiger partial charge in [0.2, 0.25) is 35.4 Å². The second kappa shape index (κ2) is 21.2. The van der Waals surface area contributed by atoms with Crippen molar-refractivity contribution >= 4 is 70.0 Å². The number of carbonyl (C=O) groups excluding carboxylic acids is 6.